The Morgan fingerprint density at radius 3 is 2.83 bits per heavy atom. The zero-order valence-corrected chi connectivity index (χ0v) is 10.6. The molecule has 0 unspecified atom stereocenters. The number of aromatic nitrogens is 1. The second kappa shape index (κ2) is 6.80. The Kier molecular flexibility index (Phi) is 5.38. The van der Waals surface area contributed by atoms with Crippen LogP contribution in [0.1, 0.15) is 17.4 Å². The molecule has 1 heterocycles. The molecule has 0 spiro atoms. The quantitative estimate of drug-likeness (QED) is 0.726. The van der Waals surface area contributed by atoms with Gasteiger partial charge in [0.05, 0.1) is 6.61 Å². The summed E-state index contributed by atoms with van der Waals surface area (Å²) in [5, 5.41) is 8.74. The van der Waals surface area contributed by atoms with Gasteiger partial charge in [0.15, 0.2) is 0 Å². The maximum absolute atomic E-state index is 12.1. The highest BCUT2D eigenvalue weighted by molar-refractivity contribution is 5.93. The van der Waals surface area contributed by atoms with Crippen molar-refractivity contribution in [3.63, 3.8) is 0 Å². The molecule has 0 bridgehead atoms. The molecule has 6 heteroatoms. The second-order valence-electron chi connectivity index (χ2n) is 3.84. The third-order valence-corrected chi connectivity index (χ3v) is 2.48. The highest BCUT2D eigenvalue weighted by atomic mass is 16.5. The lowest BCUT2D eigenvalue weighted by Crippen LogP contribution is -2.32. The van der Waals surface area contributed by atoms with Crippen LogP contribution in [0.3, 0.4) is 0 Å². The van der Waals surface area contributed by atoms with E-state index in [1.807, 2.05) is 6.92 Å². The van der Waals surface area contributed by atoms with Crippen LogP contribution < -0.4 is 0 Å². The number of carboxylic acid groups (broad SMARTS) is 1. The van der Waals surface area contributed by atoms with Crippen LogP contribution in [0.25, 0.3) is 0 Å². The molecule has 1 amide bonds. The van der Waals surface area contributed by atoms with Gasteiger partial charge in [-0.2, -0.15) is 0 Å². The van der Waals surface area contributed by atoms with E-state index in [4.69, 9.17) is 9.84 Å². The first-order valence-electron chi connectivity index (χ1n) is 5.76. The van der Waals surface area contributed by atoms with Gasteiger partial charge < -0.3 is 19.3 Å². The first-order valence-corrected chi connectivity index (χ1v) is 5.76. The number of hydrogen-bond donors (Lipinski definition) is 1. The van der Waals surface area contributed by atoms with E-state index in [-0.39, 0.29) is 12.5 Å². The Labute approximate surface area is 106 Å². The van der Waals surface area contributed by atoms with Crippen molar-refractivity contribution in [3.05, 3.63) is 24.0 Å². The van der Waals surface area contributed by atoms with E-state index in [2.05, 4.69) is 0 Å². The Bertz CT molecular complexity index is 414. The predicted molar refractivity (Wildman–Crippen MR) is 65.5 cm³/mol. The van der Waals surface area contributed by atoms with Crippen LogP contribution >= 0.6 is 0 Å². The van der Waals surface area contributed by atoms with Crippen molar-refractivity contribution < 1.29 is 19.4 Å². The summed E-state index contributed by atoms with van der Waals surface area (Å²) >= 11 is 0. The van der Waals surface area contributed by atoms with Crippen molar-refractivity contribution in [1.82, 2.24) is 9.47 Å². The van der Waals surface area contributed by atoms with E-state index in [0.29, 0.717) is 25.5 Å². The van der Waals surface area contributed by atoms with E-state index in [9.17, 15) is 9.59 Å². The Hall–Kier alpha value is -1.82. The minimum absolute atomic E-state index is 0.207. The molecule has 100 valence electrons. The first-order chi connectivity index (χ1) is 8.56. The van der Waals surface area contributed by atoms with Crippen molar-refractivity contribution in [2.75, 3.05) is 26.8 Å². The molecule has 0 saturated carbocycles. The number of carboxylic acids is 1. The largest absolute Gasteiger partial charge is 0.480 e. The van der Waals surface area contributed by atoms with Crippen LogP contribution in [0.2, 0.25) is 0 Å². The van der Waals surface area contributed by atoms with Gasteiger partial charge in [0.25, 0.3) is 5.91 Å². The van der Waals surface area contributed by atoms with Crippen molar-refractivity contribution in [3.8, 4) is 0 Å². The summed E-state index contributed by atoms with van der Waals surface area (Å²) in [5.74, 6) is -1.18. The number of amides is 1. The number of rotatable bonds is 7. The van der Waals surface area contributed by atoms with Gasteiger partial charge in [0.2, 0.25) is 0 Å². The van der Waals surface area contributed by atoms with E-state index >= 15 is 0 Å². The van der Waals surface area contributed by atoms with Crippen molar-refractivity contribution in [2.45, 2.75) is 13.5 Å². The molecule has 0 fully saturated rings. The average molecular weight is 254 g/mol. The predicted octanol–water partition coefficient (Wildman–Crippen LogP) is 0.681. The fourth-order valence-corrected chi connectivity index (χ4v) is 1.53. The summed E-state index contributed by atoms with van der Waals surface area (Å²) in [6.45, 7) is 3.23. The topological polar surface area (TPSA) is 71.8 Å². The van der Waals surface area contributed by atoms with Crippen molar-refractivity contribution in [2.24, 2.45) is 0 Å². The monoisotopic (exact) mass is 254 g/mol. The minimum Gasteiger partial charge on any atom is -0.480 e. The molecule has 0 atom stereocenters. The first kappa shape index (κ1) is 14.2. The lowest BCUT2D eigenvalue weighted by atomic mass is 10.3. The van der Waals surface area contributed by atoms with Gasteiger partial charge in [-0.3, -0.25) is 9.59 Å². The molecule has 0 aromatic carbocycles. The number of nitrogens with zero attached hydrogens (tertiary/aromatic N) is 2. The summed E-state index contributed by atoms with van der Waals surface area (Å²) < 4.78 is 6.59. The molecule has 6 nitrogen and oxygen atoms in total. The fourth-order valence-electron chi connectivity index (χ4n) is 1.53. The maximum Gasteiger partial charge on any atom is 0.323 e. The summed E-state index contributed by atoms with van der Waals surface area (Å²) in [7, 11) is 1.67. The highest BCUT2D eigenvalue weighted by Crippen LogP contribution is 2.06. The van der Waals surface area contributed by atoms with Crippen LogP contribution in [-0.4, -0.2) is 53.3 Å². The third kappa shape index (κ3) is 3.89. The molecule has 1 N–H and O–H groups in total. The zero-order chi connectivity index (χ0) is 13.5. The number of hydrogen-bond acceptors (Lipinski definition) is 3. The molecule has 1 aromatic rings. The SMILES string of the molecule is CCOCCN(C)C(=O)c1cccn1CC(=O)O. The zero-order valence-electron chi connectivity index (χ0n) is 10.6. The summed E-state index contributed by atoms with van der Waals surface area (Å²) in [4.78, 5) is 24.2. The normalized spacial score (nSPS) is 10.3. The van der Waals surface area contributed by atoms with E-state index in [1.165, 1.54) is 9.47 Å². The number of carbonyl (C=O) groups is 2. The Morgan fingerprint density at radius 2 is 2.22 bits per heavy atom. The standard InChI is InChI=1S/C12H18N2O4/c1-3-18-8-7-13(2)12(17)10-5-4-6-14(10)9-11(15)16/h4-6H,3,7-9H2,1-2H3,(H,15,16). The number of ether oxygens (including phenoxy) is 1. The smallest absolute Gasteiger partial charge is 0.323 e. The average Bonchev–Trinajstić information content (AvgIpc) is 2.75. The van der Waals surface area contributed by atoms with Gasteiger partial charge in [0, 0.05) is 26.4 Å². The van der Waals surface area contributed by atoms with Crippen LogP contribution in [0.5, 0.6) is 0 Å². The minimum atomic E-state index is -0.975. The summed E-state index contributed by atoms with van der Waals surface area (Å²) in [6, 6.07) is 3.27. The molecule has 0 aliphatic rings. The van der Waals surface area contributed by atoms with Gasteiger partial charge >= 0.3 is 5.97 Å². The van der Waals surface area contributed by atoms with E-state index in [0.717, 1.165) is 0 Å². The van der Waals surface area contributed by atoms with E-state index < -0.39 is 5.97 Å². The van der Waals surface area contributed by atoms with Crippen molar-refractivity contribution in [1.29, 1.82) is 0 Å². The number of likely N-dealkylation sites (N-methyl/N-ethyl adjacent to an activating group) is 1. The fraction of sp³-hybridized carbons (Fsp3) is 0.500. The lowest BCUT2D eigenvalue weighted by Gasteiger charge is -2.17. The van der Waals surface area contributed by atoms with Crippen LogP contribution in [0.4, 0.5) is 0 Å². The maximum atomic E-state index is 12.1. The third-order valence-electron chi connectivity index (χ3n) is 2.48. The molecule has 18 heavy (non-hydrogen) atoms. The van der Waals surface area contributed by atoms with Crippen LogP contribution in [-0.2, 0) is 16.1 Å². The van der Waals surface area contributed by atoms with Gasteiger partial charge in [-0.15, -0.1) is 0 Å². The molecule has 0 aliphatic heterocycles. The number of carbonyl (C=O) groups excluding carboxylic acids is 1. The molecular weight excluding hydrogens is 236 g/mol. The molecule has 0 radical (unpaired) electrons. The number of aliphatic carboxylic acids is 1. The van der Waals surface area contributed by atoms with Gasteiger partial charge in [-0.05, 0) is 19.1 Å². The lowest BCUT2D eigenvalue weighted by molar-refractivity contribution is -0.137. The highest BCUT2D eigenvalue weighted by Gasteiger charge is 2.16. The molecule has 0 aliphatic carbocycles. The molecule has 1 aromatic heterocycles. The molecule has 0 saturated heterocycles. The van der Waals surface area contributed by atoms with Gasteiger partial charge in [-0.1, -0.05) is 0 Å². The van der Waals surface area contributed by atoms with E-state index in [1.54, 1.807) is 25.4 Å². The van der Waals surface area contributed by atoms with Crippen LogP contribution in [0, 0.1) is 0 Å². The molecule has 1 rings (SSSR count). The second-order valence-corrected chi connectivity index (χ2v) is 3.84. The Balaban J connectivity index is 2.65. The summed E-state index contributed by atoms with van der Waals surface area (Å²) in [5.41, 5.74) is 0.372. The molecular formula is C12H18N2O4. The van der Waals surface area contributed by atoms with Crippen molar-refractivity contribution >= 4 is 11.9 Å². The van der Waals surface area contributed by atoms with Crippen LogP contribution in [0.15, 0.2) is 18.3 Å². The van der Waals surface area contributed by atoms with Gasteiger partial charge in [0.1, 0.15) is 12.2 Å². The summed E-state index contributed by atoms with van der Waals surface area (Å²) in [6.07, 6.45) is 1.58. The van der Waals surface area contributed by atoms with Gasteiger partial charge in [-0.25, -0.2) is 0 Å². The Morgan fingerprint density at radius 1 is 1.50 bits per heavy atom.